The molecule has 1 aliphatic rings. The smallest absolute Gasteiger partial charge is 0.416 e. The highest BCUT2D eigenvalue weighted by Crippen LogP contribution is 2.32. The Hall–Kier alpha value is -3.40. The number of alkyl halides is 3. The van der Waals surface area contributed by atoms with E-state index in [1.807, 2.05) is 0 Å². The maximum Gasteiger partial charge on any atom is 0.416 e. The zero-order valence-corrected chi connectivity index (χ0v) is 18.9. The van der Waals surface area contributed by atoms with Crippen LogP contribution in [0.15, 0.2) is 59.8 Å². The summed E-state index contributed by atoms with van der Waals surface area (Å²) in [5.74, 6) is -1.14. The van der Waals surface area contributed by atoms with Crippen molar-refractivity contribution in [3.8, 4) is 0 Å². The molecule has 0 fully saturated rings. The molecule has 0 bridgehead atoms. The molecular weight excluding hydrogens is 455 g/mol. The van der Waals surface area contributed by atoms with E-state index in [9.17, 15) is 22.8 Å². The topological polar surface area (TPSA) is 70.7 Å². The highest BCUT2D eigenvalue weighted by molar-refractivity contribution is 7.80. The highest BCUT2D eigenvalue weighted by Gasteiger charge is 2.33. The Labute approximate surface area is 194 Å². The largest absolute Gasteiger partial charge is 0.463 e. The van der Waals surface area contributed by atoms with Crippen LogP contribution in [-0.4, -0.2) is 35.5 Å². The SMILES string of the molecule is CCOC(=O)C1=C(C)N(C)C(=S)NC1c1ccc(NC(=O)c2cccc(C(F)(F)F)c2)cc1. The van der Waals surface area contributed by atoms with Gasteiger partial charge in [-0.3, -0.25) is 4.79 Å². The summed E-state index contributed by atoms with van der Waals surface area (Å²) in [7, 11) is 1.74. The number of carbonyl (C=O) groups is 2. The van der Waals surface area contributed by atoms with Gasteiger partial charge in [0.15, 0.2) is 5.11 Å². The third kappa shape index (κ3) is 5.33. The van der Waals surface area contributed by atoms with Crippen molar-refractivity contribution in [3.63, 3.8) is 0 Å². The molecule has 0 aromatic heterocycles. The standard InChI is InChI=1S/C23H22F3N3O3S/c1-4-32-21(31)18-13(2)29(3)22(33)28-19(18)14-8-10-17(11-9-14)27-20(30)15-6-5-7-16(12-15)23(24,25)26/h5-12,19H,4H2,1-3H3,(H,27,30)(H,28,33). The van der Waals surface area contributed by atoms with Crippen LogP contribution >= 0.6 is 12.2 Å². The minimum absolute atomic E-state index is 0.112. The molecule has 1 heterocycles. The maximum atomic E-state index is 12.9. The quantitative estimate of drug-likeness (QED) is 0.483. The van der Waals surface area contributed by atoms with E-state index in [2.05, 4.69) is 10.6 Å². The van der Waals surface area contributed by atoms with Crippen molar-refractivity contribution in [2.45, 2.75) is 26.1 Å². The lowest BCUT2D eigenvalue weighted by molar-refractivity contribution is -0.139. The average molecular weight is 478 g/mol. The Balaban J connectivity index is 1.83. The number of ether oxygens (including phenoxy) is 1. The number of esters is 1. The van der Waals surface area contributed by atoms with E-state index in [0.717, 1.165) is 12.1 Å². The summed E-state index contributed by atoms with van der Waals surface area (Å²) in [6, 6.07) is 10.2. The fourth-order valence-corrected chi connectivity index (χ4v) is 3.61. The van der Waals surface area contributed by atoms with Gasteiger partial charge in [-0.2, -0.15) is 13.2 Å². The summed E-state index contributed by atoms with van der Waals surface area (Å²) < 4.78 is 43.9. The van der Waals surface area contributed by atoms with Gasteiger partial charge in [0, 0.05) is 24.0 Å². The van der Waals surface area contributed by atoms with Gasteiger partial charge in [-0.15, -0.1) is 0 Å². The van der Waals surface area contributed by atoms with Crippen LogP contribution in [0.1, 0.15) is 41.4 Å². The van der Waals surface area contributed by atoms with Gasteiger partial charge >= 0.3 is 12.1 Å². The minimum atomic E-state index is -4.54. The Morgan fingerprint density at radius 1 is 1.18 bits per heavy atom. The second-order valence-electron chi connectivity index (χ2n) is 7.32. The number of halogens is 3. The third-order valence-electron chi connectivity index (χ3n) is 5.20. The molecule has 0 saturated heterocycles. The van der Waals surface area contributed by atoms with Gasteiger partial charge in [0.25, 0.3) is 5.91 Å². The number of hydrogen-bond donors (Lipinski definition) is 2. The lowest BCUT2D eigenvalue weighted by atomic mass is 9.95. The van der Waals surface area contributed by atoms with Crippen LogP contribution in [0.3, 0.4) is 0 Å². The van der Waals surface area contributed by atoms with Crippen LogP contribution in [-0.2, 0) is 15.7 Å². The fourth-order valence-electron chi connectivity index (χ4n) is 3.36. The molecule has 10 heteroatoms. The number of benzene rings is 2. The molecule has 1 amide bonds. The Morgan fingerprint density at radius 3 is 2.45 bits per heavy atom. The Morgan fingerprint density at radius 2 is 1.85 bits per heavy atom. The van der Waals surface area contributed by atoms with E-state index >= 15 is 0 Å². The van der Waals surface area contributed by atoms with E-state index in [1.54, 1.807) is 50.1 Å². The number of hydrogen-bond acceptors (Lipinski definition) is 4. The molecular formula is C23H22F3N3O3S. The molecule has 0 spiro atoms. The van der Waals surface area contributed by atoms with E-state index in [4.69, 9.17) is 17.0 Å². The zero-order valence-electron chi connectivity index (χ0n) is 18.1. The molecule has 0 aliphatic carbocycles. The van der Waals surface area contributed by atoms with Gasteiger partial charge in [0.1, 0.15) is 0 Å². The highest BCUT2D eigenvalue weighted by atomic mass is 32.1. The number of anilines is 1. The van der Waals surface area contributed by atoms with E-state index in [-0.39, 0.29) is 12.2 Å². The molecule has 1 unspecified atom stereocenters. The maximum absolute atomic E-state index is 12.9. The van der Waals surface area contributed by atoms with Crippen molar-refractivity contribution in [3.05, 3.63) is 76.5 Å². The predicted octanol–water partition coefficient (Wildman–Crippen LogP) is 4.66. The van der Waals surface area contributed by atoms with Crippen LogP contribution in [0.4, 0.5) is 18.9 Å². The van der Waals surface area contributed by atoms with E-state index in [0.29, 0.717) is 27.6 Å². The van der Waals surface area contributed by atoms with Gasteiger partial charge in [-0.1, -0.05) is 18.2 Å². The second-order valence-corrected chi connectivity index (χ2v) is 7.70. The number of thiocarbonyl (C=S) groups is 1. The van der Waals surface area contributed by atoms with E-state index in [1.165, 1.54) is 12.1 Å². The molecule has 3 rings (SSSR count). The van der Waals surface area contributed by atoms with Crippen molar-refractivity contribution >= 4 is 34.9 Å². The van der Waals surface area contributed by atoms with Gasteiger partial charge in [-0.25, -0.2) is 4.79 Å². The molecule has 2 N–H and O–H groups in total. The first-order valence-electron chi connectivity index (χ1n) is 10.0. The first-order chi connectivity index (χ1) is 15.5. The molecule has 0 saturated carbocycles. The van der Waals surface area contributed by atoms with Crippen molar-refractivity contribution in [1.29, 1.82) is 0 Å². The number of allylic oxidation sites excluding steroid dienone is 1. The fraction of sp³-hybridized carbons (Fsp3) is 0.261. The molecule has 2 aromatic rings. The van der Waals surface area contributed by atoms with Crippen molar-refractivity contribution in [2.24, 2.45) is 0 Å². The van der Waals surface area contributed by atoms with Crippen molar-refractivity contribution in [1.82, 2.24) is 10.2 Å². The van der Waals surface area contributed by atoms with Gasteiger partial charge < -0.3 is 20.3 Å². The Bertz CT molecular complexity index is 1110. The summed E-state index contributed by atoms with van der Waals surface area (Å²) >= 11 is 5.35. The van der Waals surface area contributed by atoms with Gasteiger partial charge in [-0.05, 0) is 62.0 Å². The zero-order chi connectivity index (χ0) is 24.3. The molecule has 33 heavy (non-hydrogen) atoms. The summed E-state index contributed by atoms with van der Waals surface area (Å²) in [5.41, 5.74) is 1.14. The summed E-state index contributed by atoms with van der Waals surface area (Å²) in [6.07, 6.45) is -4.54. The first kappa shape index (κ1) is 24.2. The molecule has 1 aliphatic heterocycles. The molecule has 1 atom stereocenters. The molecule has 2 aromatic carbocycles. The number of amides is 1. The third-order valence-corrected chi connectivity index (χ3v) is 5.60. The van der Waals surface area contributed by atoms with E-state index < -0.39 is 29.7 Å². The number of carbonyl (C=O) groups excluding carboxylic acids is 2. The van der Waals surface area contributed by atoms with Crippen LogP contribution in [0.25, 0.3) is 0 Å². The molecule has 6 nitrogen and oxygen atoms in total. The predicted molar refractivity (Wildman–Crippen MR) is 121 cm³/mol. The minimum Gasteiger partial charge on any atom is -0.463 e. The van der Waals surface area contributed by atoms with Crippen LogP contribution in [0.5, 0.6) is 0 Å². The first-order valence-corrected chi connectivity index (χ1v) is 10.4. The number of rotatable bonds is 5. The number of nitrogens with zero attached hydrogens (tertiary/aromatic N) is 1. The Kier molecular flexibility index (Phi) is 7.06. The lowest BCUT2D eigenvalue weighted by Gasteiger charge is -2.35. The van der Waals surface area contributed by atoms with Crippen molar-refractivity contribution < 1.29 is 27.5 Å². The van der Waals surface area contributed by atoms with Crippen LogP contribution in [0, 0.1) is 0 Å². The molecule has 0 radical (unpaired) electrons. The molecule has 174 valence electrons. The lowest BCUT2D eigenvalue weighted by Crippen LogP contribution is -2.46. The van der Waals surface area contributed by atoms with Crippen LogP contribution < -0.4 is 10.6 Å². The summed E-state index contributed by atoms with van der Waals surface area (Å²) in [4.78, 5) is 26.7. The van der Waals surface area contributed by atoms with Gasteiger partial charge in [0.05, 0.1) is 23.8 Å². The normalized spacial score (nSPS) is 16.4. The summed E-state index contributed by atoms with van der Waals surface area (Å²) in [6.45, 7) is 3.71. The second kappa shape index (κ2) is 9.62. The van der Waals surface area contributed by atoms with Crippen molar-refractivity contribution in [2.75, 3.05) is 19.0 Å². The monoisotopic (exact) mass is 477 g/mol. The summed E-state index contributed by atoms with van der Waals surface area (Å²) in [5, 5.41) is 6.13. The van der Waals surface area contributed by atoms with Crippen LogP contribution in [0.2, 0.25) is 0 Å². The average Bonchev–Trinajstić information content (AvgIpc) is 2.77. The number of nitrogens with one attached hydrogen (secondary N) is 2. The van der Waals surface area contributed by atoms with Gasteiger partial charge in [0.2, 0.25) is 0 Å².